The van der Waals surface area contributed by atoms with Gasteiger partial charge < -0.3 is 16.0 Å². The first-order chi connectivity index (χ1) is 17.9. The van der Waals surface area contributed by atoms with E-state index >= 15 is 0 Å². The standard InChI is InChI=1S/C28H24N4O5/c33-26(30-21-9-2-1-3-10-21)18-29-28(35)25(17-19-13-15-22(16-14-19)32(36)37)31-27(34)24-12-6-8-20-7-4-5-11-23(20)24/h1-16,25H,17-18H2,(H,29,35)(H,30,33)(H,31,34)/t25-/m1/s1. The van der Waals surface area contributed by atoms with Crippen LogP contribution in [0.5, 0.6) is 0 Å². The molecule has 4 rings (SSSR count). The first-order valence-electron chi connectivity index (χ1n) is 11.6. The zero-order chi connectivity index (χ0) is 26.2. The van der Waals surface area contributed by atoms with E-state index < -0.39 is 28.7 Å². The summed E-state index contributed by atoms with van der Waals surface area (Å²) in [4.78, 5) is 49.1. The van der Waals surface area contributed by atoms with Crippen LogP contribution < -0.4 is 16.0 Å². The van der Waals surface area contributed by atoms with Crippen molar-refractivity contribution >= 4 is 39.9 Å². The lowest BCUT2D eigenvalue weighted by Gasteiger charge is -2.19. The molecule has 4 aromatic carbocycles. The fraction of sp³-hybridized carbons (Fsp3) is 0.107. The number of fused-ring (bicyclic) bond motifs is 1. The highest BCUT2D eigenvalue weighted by atomic mass is 16.6. The van der Waals surface area contributed by atoms with E-state index in [-0.39, 0.29) is 18.7 Å². The molecule has 4 aromatic rings. The molecule has 3 amide bonds. The monoisotopic (exact) mass is 496 g/mol. The van der Waals surface area contributed by atoms with Gasteiger partial charge in [0.2, 0.25) is 11.8 Å². The van der Waals surface area contributed by atoms with Crippen LogP contribution in [0.3, 0.4) is 0 Å². The third-order valence-corrected chi connectivity index (χ3v) is 5.72. The highest BCUT2D eigenvalue weighted by Gasteiger charge is 2.23. The van der Waals surface area contributed by atoms with E-state index in [2.05, 4.69) is 16.0 Å². The summed E-state index contributed by atoms with van der Waals surface area (Å²) in [5.74, 6) is -1.43. The molecule has 0 unspecified atom stereocenters. The Morgan fingerprint density at radius 3 is 2.22 bits per heavy atom. The van der Waals surface area contributed by atoms with Crippen LogP contribution in [0.2, 0.25) is 0 Å². The number of hydrogen-bond acceptors (Lipinski definition) is 5. The highest BCUT2D eigenvalue weighted by molar-refractivity contribution is 6.08. The Bertz CT molecular complexity index is 1430. The van der Waals surface area contributed by atoms with E-state index in [0.717, 1.165) is 10.8 Å². The molecular formula is C28H24N4O5. The summed E-state index contributed by atoms with van der Waals surface area (Å²) in [6, 6.07) is 26.3. The number of non-ortho nitro benzene ring substituents is 1. The molecule has 186 valence electrons. The Labute approximate surface area is 212 Å². The van der Waals surface area contributed by atoms with Crippen LogP contribution in [0, 0.1) is 10.1 Å². The number of carbonyl (C=O) groups excluding carboxylic acids is 3. The molecule has 3 N–H and O–H groups in total. The second-order valence-corrected chi connectivity index (χ2v) is 8.31. The molecule has 0 heterocycles. The molecule has 0 bridgehead atoms. The number of nitro groups is 1. The average Bonchev–Trinajstić information content (AvgIpc) is 2.91. The van der Waals surface area contributed by atoms with E-state index in [4.69, 9.17) is 0 Å². The minimum absolute atomic E-state index is 0.0701. The lowest BCUT2D eigenvalue weighted by atomic mass is 10.0. The van der Waals surface area contributed by atoms with E-state index in [1.165, 1.54) is 24.3 Å². The maximum absolute atomic E-state index is 13.2. The molecule has 0 spiro atoms. The third kappa shape index (κ3) is 6.55. The summed E-state index contributed by atoms with van der Waals surface area (Å²) in [5.41, 5.74) is 1.52. The van der Waals surface area contributed by atoms with E-state index in [1.54, 1.807) is 36.4 Å². The van der Waals surface area contributed by atoms with Gasteiger partial charge in [0.05, 0.1) is 11.5 Å². The summed E-state index contributed by atoms with van der Waals surface area (Å²) < 4.78 is 0. The summed E-state index contributed by atoms with van der Waals surface area (Å²) >= 11 is 0. The van der Waals surface area contributed by atoms with Crippen LogP contribution in [0.4, 0.5) is 11.4 Å². The smallest absolute Gasteiger partial charge is 0.269 e. The second kappa shape index (κ2) is 11.6. The summed E-state index contributed by atoms with van der Waals surface area (Å²) in [7, 11) is 0. The van der Waals surface area contributed by atoms with Gasteiger partial charge in [-0.2, -0.15) is 0 Å². The van der Waals surface area contributed by atoms with Crippen molar-refractivity contribution in [3.8, 4) is 0 Å². The van der Waals surface area contributed by atoms with Gasteiger partial charge in [0.1, 0.15) is 6.04 Å². The lowest BCUT2D eigenvalue weighted by molar-refractivity contribution is -0.384. The number of anilines is 1. The molecule has 9 heteroatoms. The van der Waals surface area contributed by atoms with Gasteiger partial charge in [-0.25, -0.2) is 0 Å². The fourth-order valence-electron chi connectivity index (χ4n) is 3.88. The van der Waals surface area contributed by atoms with Gasteiger partial charge in [-0.15, -0.1) is 0 Å². The second-order valence-electron chi connectivity index (χ2n) is 8.31. The van der Waals surface area contributed by atoms with Crippen LogP contribution in [-0.4, -0.2) is 35.2 Å². The molecule has 1 atom stereocenters. The van der Waals surface area contributed by atoms with Crippen molar-refractivity contribution in [2.24, 2.45) is 0 Å². The van der Waals surface area contributed by atoms with Gasteiger partial charge in [0.15, 0.2) is 0 Å². The molecule has 0 radical (unpaired) electrons. The van der Waals surface area contributed by atoms with Gasteiger partial charge in [-0.05, 0) is 34.5 Å². The lowest BCUT2D eigenvalue weighted by Crippen LogP contribution is -2.49. The maximum Gasteiger partial charge on any atom is 0.269 e. The summed E-state index contributed by atoms with van der Waals surface area (Å²) in [6.07, 6.45) is 0.0701. The molecule has 0 fully saturated rings. The van der Waals surface area contributed by atoms with Crippen molar-refractivity contribution in [2.75, 3.05) is 11.9 Å². The Morgan fingerprint density at radius 1 is 0.811 bits per heavy atom. The number of nitro benzene ring substituents is 1. The minimum atomic E-state index is -1.03. The van der Waals surface area contributed by atoms with E-state index in [0.29, 0.717) is 16.8 Å². The van der Waals surface area contributed by atoms with Gasteiger partial charge in [0, 0.05) is 29.8 Å². The minimum Gasteiger partial charge on any atom is -0.345 e. The number of nitrogens with one attached hydrogen (secondary N) is 3. The predicted molar refractivity (Wildman–Crippen MR) is 140 cm³/mol. The number of amides is 3. The summed E-state index contributed by atoms with van der Waals surface area (Å²) in [5, 5.41) is 20.6. The molecule has 0 aliphatic rings. The normalized spacial score (nSPS) is 11.4. The number of benzene rings is 4. The Hall–Kier alpha value is -5.05. The Morgan fingerprint density at radius 2 is 1.49 bits per heavy atom. The number of carbonyl (C=O) groups is 3. The predicted octanol–water partition coefficient (Wildman–Crippen LogP) is 3.84. The SMILES string of the molecule is O=C(CNC(=O)[C@@H](Cc1ccc([N+](=O)[O-])cc1)NC(=O)c1cccc2ccccc12)Nc1ccccc1. The van der Waals surface area contributed by atoms with E-state index in [9.17, 15) is 24.5 Å². The van der Waals surface area contributed by atoms with Crippen molar-refractivity contribution in [3.63, 3.8) is 0 Å². The number of rotatable bonds is 9. The molecule has 0 aliphatic heterocycles. The molecule has 0 saturated carbocycles. The average molecular weight is 497 g/mol. The summed E-state index contributed by atoms with van der Waals surface area (Å²) in [6.45, 7) is -0.297. The Kier molecular flexibility index (Phi) is 7.85. The van der Waals surface area contributed by atoms with Crippen molar-refractivity contribution in [2.45, 2.75) is 12.5 Å². The molecule has 0 aromatic heterocycles. The van der Waals surface area contributed by atoms with E-state index in [1.807, 2.05) is 36.4 Å². The maximum atomic E-state index is 13.2. The van der Waals surface area contributed by atoms with Gasteiger partial charge in [-0.3, -0.25) is 24.5 Å². The molecular weight excluding hydrogens is 472 g/mol. The largest absolute Gasteiger partial charge is 0.345 e. The highest BCUT2D eigenvalue weighted by Crippen LogP contribution is 2.19. The van der Waals surface area contributed by atoms with Crippen LogP contribution in [-0.2, 0) is 16.0 Å². The van der Waals surface area contributed by atoms with Gasteiger partial charge in [-0.1, -0.05) is 66.7 Å². The first-order valence-corrected chi connectivity index (χ1v) is 11.6. The third-order valence-electron chi connectivity index (χ3n) is 5.72. The number of para-hydroxylation sites is 1. The van der Waals surface area contributed by atoms with Crippen molar-refractivity contribution < 1.29 is 19.3 Å². The van der Waals surface area contributed by atoms with Crippen LogP contribution in [0.15, 0.2) is 97.1 Å². The van der Waals surface area contributed by atoms with Crippen LogP contribution in [0.1, 0.15) is 15.9 Å². The molecule has 9 nitrogen and oxygen atoms in total. The molecule has 37 heavy (non-hydrogen) atoms. The fourth-order valence-corrected chi connectivity index (χ4v) is 3.88. The quantitative estimate of drug-likeness (QED) is 0.239. The first kappa shape index (κ1) is 25.1. The molecule has 0 saturated heterocycles. The van der Waals surface area contributed by atoms with Gasteiger partial charge in [0.25, 0.3) is 11.6 Å². The number of nitrogens with zero attached hydrogens (tertiary/aromatic N) is 1. The van der Waals surface area contributed by atoms with Crippen molar-refractivity contribution in [3.05, 3.63) is 118 Å². The zero-order valence-corrected chi connectivity index (χ0v) is 19.7. The van der Waals surface area contributed by atoms with Gasteiger partial charge >= 0.3 is 0 Å². The zero-order valence-electron chi connectivity index (χ0n) is 19.7. The van der Waals surface area contributed by atoms with Crippen LogP contribution in [0.25, 0.3) is 10.8 Å². The van der Waals surface area contributed by atoms with Crippen molar-refractivity contribution in [1.29, 1.82) is 0 Å². The number of hydrogen-bond donors (Lipinski definition) is 3. The molecule has 0 aliphatic carbocycles. The van der Waals surface area contributed by atoms with Crippen molar-refractivity contribution in [1.82, 2.24) is 10.6 Å². The Balaban J connectivity index is 1.50. The van der Waals surface area contributed by atoms with Crippen LogP contribution >= 0.6 is 0 Å². The topological polar surface area (TPSA) is 130 Å².